The van der Waals surface area contributed by atoms with Gasteiger partial charge in [0.1, 0.15) is 5.82 Å². The Kier molecular flexibility index (Phi) is 6.63. The van der Waals surface area contributed by atoms with E-state index >= 15 is 0 Å². The molecule has 2 aromatic heterocycles. The Labute approximate surface area is 190 Å². The van der Waals surface area contributed by atoms with Crippen molar-refractivity contribution in [2.24, 2.45) is 0 Å². The molecule has 4 rings (SSSR count). The topological polar surface area (TPSA) is 107 Å². The lowest BCUT2D eigenvalue weighted by atomic mass is 10.1. The molecule has 3 N–H and O–H groups in total. The molecule has 32 heavy (non-hydrogen) atoms. The summed E-state index contributed by atoms with van der Waals surface area (Å²) in [6.45, 7) is 1.47. The average Bonchev–Trinajstić information content (AvgIpc) is 2.82. The number of hydrogen-bond acceptors (Lipinski definition) is 6. The number of anilines is 3. The number of pyridine rings is 2. The molecule has 1 aliphatic rings. The van der Waals surface area contributed by atoms with Crippen molar-refractivity contribution in [3.63, 3.8) is 0 Å². The highest BCUT2D eigenvalue weighted by Gasteiger charge is 2.18. The molecule has 3 aromatic rings. The van der Waals surface area contributed by atoms with Crippen molar-refractivity contribution in [2.45, 2.75) is 18.9 Å². The predicted molar refractivity (Wildman–Crippen MR) is 123 cm³/mol. The fourth-order valence-electron chi connectivity index (χ4n) is 3.40. The zero-order valence-electron chi connectivity index (χ0n) is 17.2. The fourth-order valence-corrected chi connectivity index (χ4v) is 3.57. The highest BCUT2D eigenvalue weighted by atomic mass is 35.5. The normalized spacial score (nSPS) is 14.1. The van der Waals surface area contributed by atoms with E-state index in [4.69, 9.17) is 11.6 Å². The van der Waals surface area contributed by atoms with Crippen LogP contribution in [0.25, 0.3) is 0 Å². The number of aliphatic hydroxyl groups excluding tert-OH is 1. The minimum absolute atomic E-state index is 0.255. The summed E-state index contributed by atoms with van der Waals surface area (Å²) < 4.78 is 0. The molecule has 1 aliphatic heterocycles. The van der Waals surface area contributed by atoms with E-state index in [0.29, 0.717) is 40.4 Å². The van der Waals surface area contributed by atoms with Crippen LogP contribution >= 0.6 is 11.6 Å². The summed E-state index contributed by atoms with van der Waals surface area (Å²) in [5.74, 6) is 0.121. The van der Waals surface area contributed by atoms with Crippen LogP contribution in [-0.4, -0.2) is 46.1 Å². The molecule has 1 aromatic carbocycles. The molecule has 0 spiro atoms. The first kappa shape index (κ1) is 21.7. The summed E-state index contributed by atoms with van der Waals surface area (Å²) in [4.78, 5) is 35.4. The van der Waals surface area contributed by atoms with Crippen LogP contribution in [0.1, 0.15) is 33.6 Å². The van der Waals surface area contributed by atoms with E-state index in [2.05, 4.69) is 25.5 Å². The Bertz CT molecular complexity index is 1100. The van der Waals surface area contributed by atoms with Gasteiger partial charge in [0.2, 0.25) is 0 Å². The second-order valence-electron chi connectivity index (χ2n) is 7.46. The van der Waals surface area contributed by atoms with Gasteiger partial charge < -0.3 is 20.6 Å². The number of benzene rings is 1. The van der Waals surface area contributed by atoms with E-state index in [1.165, 1.54) is 18.6 Å². The van der Waals surface area contributed by atoms with Crippen molar-refractivity contribution in [3.05, 3.63) is 77.2 Å². The van der Waals surface area contributed by atoms with Crippen LogP contribution in [0.2, 0.25) is 5.02 Å². The summed E-state index contributed by atoms with van der Waals surface area (Å²) in [6.07, 6.45) is 5.75. The number of nitrogens with one attached hydrogen (secondary N) is 2. The van der Waals surface area contributed by atoms with Gasteiger partial charge in [0.05, 0.1) is 22.4 Å². The van der Waals surface area contributed by atoms with Gasteiger partial charge in [-0.3, -0.25) is 14.6 Å². The molecule has 0 saturated carbocycles. The van der Waals surface area contributed by atoms with E-state index in [1.54, 1.807) is 42.5 Å². The number of rotatable bonds is 5. The molecular weight excluding hydrogens is 430 g/mol. The number of aliphatic hydroxyl groups is 1. The number of carbonyl (C=O) groups excluding carboxylic acids is 2. The quantitative estimate of drug-likeness (QED) is 0.547. The second-order valence-corrected chi connectivity index (χ2v) is 7.87. The van der Waals surface area contributed by atoms with E-state index in [9.17, 15) is 14.7 Å². The lowest BCUT2D eigenvalue weighted by molar-refractivity contribution is 0.101. The van der Waals surface area contributed by atoms with Gasteiger partial charge in [0, 0.05) is 42.9 Å². The van der Waals surface area contributed by atoms with Crippen LogP contribution in [0.4, 0.5) is 17.2 Å². The van der Waals surface area contributed by atoms with Gasteiger partial charge in [0.25, 0.3) is 11.8 Å². The van der Waals surface area contributed by atoms with Crippen molar-refractivity contribution < 1.29 is 14.7 Å². The summed E-state index contributed by atoms with van der Waals surface area (Å²) in [7, 11) is 0. The van der Waals surface area contributed by atoms with Gasteiger partial charge in [-0.05, 0) is 55.3 Å². The summed E-state index contributed by atoms with van der Waals surface area (Å²) in [5.41, 5.74) is 1.72. The molecule has 3 heterocycles. The molecule has 0 bridgehead atoms. The minimum atomic E-state index is -0.331. The number of aromatic nitrogens is 2. The van der Waals surface area contributed by atoms with Crippen LogP contribution < -0.4 is 15.5 Å². The zero-order chi connectivity index (χ0) is 22.5. The smallest absolute Gasteiger partial charge is 0.257 e. The third-order valence-corrected chi connectivity index (χ3v) is 5.54. The Balaban J connectivity index is 1.42. The summed E-state index contributed by atoms with van der Waals surface area (Å²) >= 11 is 6.21. The van der Waals surface area contributed by atoms with Gasteiger partial charge in [-0.1, -0.05) is 11.6 Å². The monoisotopic (exact) mass is 451 g/mol. The molecule has 2 amide bonds. The third kappa shape index (κ3) is 5.22. The third-order valence-electron chi connectivity index (χ3n) is 5.21. The highest BCUT2D eigenvalue weighted by molar-refractivity contribution is 6.34. The first-order valence-corrected chi connectivity index (χ1v) is 10.6. The number of halogens is 1. The Hall–Kier alpha value is -3.49. The lowest BCUT2D eigenvalue weighted by Crippen LogP contribution is -2.36. The molecule has 0 unspecified atom stereocenters. The standard InChI is InChI=1S/C23H22ClN5O3/c24-19-3-2-17(13-20(19)28-22(31)15-5-9-25-10-6-15)27-23(32)16-1-4-21(26-14-16)29-11-7-18(30)8-12-29/h1-6,9-10,13-14,18,30H,7-8,11-12H2,(H,27,32)(H,28,31). The van der Waals surface area contributed by atoms with Crippen molar-refractivity contribution >= 4 is 40.6 Å². The minimum Gasteiger partial charge on any atom is -0.393 e. The first-order chi connectivity index (χ1) is 15.5. The first-order valence-electron chi connectivity index (χ1n) is 10.2. The van der Waals surface area contributed by atoms with Crippen LogP contribution in [-0.2, 0) is 0 Å². The second kappa shape index (κ2) is 9.76. The summed E-state index contributed by atoms with van der Waals surface area (Å²) in [6, 6.07) is 11.6. The molecule has 0 radical (unpaired) electrons. The van der Waals surface area contributed by atoms with Gasteiger partial charge in [-0.15, -0.1) is 0 Å². The molecule has 0 aliphatic carbocycles. The largest absolute Gasteiger partial charge is 0.393 e. The van der Waals surface area contributed by atoms with Gasteiger partial charge in [0.15, 0.2) is 0 Å². The maximum Gasteiger partial charge on any atom is 0.257 e. The maximum atomic E-state index is 12.7. The zero-order valence-corrected chi connectivity index (χ0v) is 17.9. The van der Waals surface area contributed by atoms with Gasteiger partial charge in [-0.2, -0.15) is 0 Å². The van der Waals surface area contributed by atoms with Crippen LogP contribution in [0.3, 0.4) is 0 Å². The number of carbonyl (C=O) groups is 2. The van der Waals surface area contributed by atoms with Crippen molar-refractivity contribution in [1.29, 1.82) is 0 Å². The average molecular weight is 452 g/mol. The molecule has 8 nitrogen and oxygen atoms in total. The Morgan fingerprint density at radius 3 is 2.38 bits per heavy atom. The van der Waals surface area contributed by atoms with Crippen LogP contribution in [0, 0.1) is 0 Å². The van der Waals surface area contributed by atoms with Crippen LogP contribution in [0.5, 0.6) is 0 Å². The van der Waals surface area contributed by atoms with Crippen molar-refractivity contribution in [2.75, 3.05) is 28.6 Å². The molecule has 0 atom stereocenters. The number of nitrogens with zero attached hydrogens (tertiary/aromatic N) is 3. The van der Waals surface area contributed by atoms with E-state index in [0.717, 1.165) is 18.9 Å². The predicted octanol–water partition coefficient (Wildman–Crippen LogP) is 3.60. The van der Waals surface area contributed by atoms with E-state index in [1.807, 2.05) is 0 Å². The summed E-state index contributed by atoms with van der Waals surface area (Å²) in [5, 5.41) is 15.5. The number of hydrogen-bond donors (Lipinski definition) is 3. The number of piperidine rings is 1. The van der Waals surface area contributed by atoms with Gasteiger partial charge in [-0.25, -0.2) is 4.98 Å². The SMILES string of the molecule is O=C(Nc1ccc(Cl)c(NC(=O)c2ccncc2)c1)c1ccc(N2CCC(O)CC2)nc1. The maximum absolute atomic E-state index is 12.7. The highest BCUT2D eigenvalue weighted by Crippen LogP contribution is 2.26. The molecule has 1 fully saturated rings. The number of amides is 2. The van der Waals surface area contributed by atoms with E-state index in [-0.39, 0.29) is 17.9 Å². The van der Waals surface area contributed by atoms with E-state index < -0.39 is 0 Å². The van der Waals surface area contributed by atoms with Crippen LogP contribution in [0.15, 0.2) is 61.1 Å². The molecule has 1 saturated heterocycles. The van der Waals surface area contributed by atoms with Gasteiger partial charge >= 0.3 is 0 Å². The fraction of sp³-hybridized carbons (Fsp3) is 0.217. The van der Waals surface area contributed by atoms with Crippen molar-refractivity contribution in [3.8, 4) is 0 Å². The Morgan fingerprint density at radius 2 is 1.69 bits per heavy atom. The molecular formula is C23H22ClN5O3. The molecule has 164 valence electrons. The van der Waals surface area contributed by atoms with Crippen molar-refractivity contribution in [1.82, 2.24) is 9.97 Å². The Morgan fingerprint density at radius 1 is 0.969 bits per heavy atom. The lowest BCUT2D eigenvalue weighted by Gasteiger charge is -2.30. The molecule has 9 heteroatoms.